The Hall–Kier alpha value is -6.71. The Morgan fingerprint density at radius 3 is 1.89 bits per heavy atom. The number of benzene rings is 7. The van der Waals surface area contributed by atoms with Gasteiger partial charge in [-0.05, 0) is 86.1 Å². The molecule has 2 heterocycles. The standard InChI is InChI=1S/C50H35N3/c1-50(2)43-24-13-23-40(48(43)42-28-33-16-6-7-17-34(33)29-44(42)50)35-19-12-20-37(26-35)46-30-47(53-49(52-46)32-14-4-3-5-15-32)41-22-10-9-21-39(41)38-27-36-18-8-11-25-45(36)51-31-38/h3-31H,1-2H3. The number of pyridine rings is 1. The lowest BCUT2D eigenvalue weighted by Gasteiger charge is -2.22. The first kappa shape index (κ1) is 31.1. The predicted molar refractivity (Wildman–Crippen MR) is 220 cm³/mol. The molecule has 0 aliphatic heterocycles. The summed E-state index contributed by atoms with van der Waals surface area (Å²) in [5.41, 5.74) is 15.6. The van der Waals surface area contributed by atoms with E-state index in [-0.39, 0.29) is 5.41 Å². The molecule has 0 bridgehead atoms. The lowest BCUT2D eigenvalue weighted by Crippen LogP contribution is -2.14. The number of hydrogen-bond acceptors (Lipinski definition) is 3. The smallest absolute Gasteiger partial charge is 0.160 e. The van der Waals surface area contributed by atoms with Crippen molar-refractivity contribution in [2.75, 3.05) is 0 Å². The van der Waals surface area contributed by atoms with Crippen LogP contribution < -0.4 is 0 Å². The first-order chi connectivity index (χ1) is 26.0. The maximum absolute atomic E-state index is 5.22. The van der Waals surface area contributed by atoms with Crippen molar-refractivity contribution < 1.29 is 0 Å². The number of fused-ring (bicyclic) bond motifs is 5. The van der Waals surface area contributed by atoms with E-state index in [1.165, 1.54) is 44.2 Å². The Balaban J connectivity index is 1.14. The zero-order valence-corrected chi connectivity index (χ0v) is 29.6. The molecule has 250 valence electrons. The van der Waals surface area contributed by atoms with Crippen molar-refractivity contribution in [2.45, 2.75) is 19.3 Å². The van der Waals surface area contributed by atoms with Crippen molar-refractivity contribution in [2.24, 2.45) is 0 Å². The van der Waals surface area contributed by atoms with E-state index in [0.29, 0.717) is 5.82 Å². The second-order valence-corrected chi connectivity index (χ2v) is 14.5. The summed E-state index contributed by atoms with van der Waals surface area (Å²) in [5.74, 6) is 0.693. The SMILES string of the molecule is CC1(C)c2cc3ccccc3cc2-c2c(-c3cccc(-c4cc(-c5ccccc5-c5cnc6ccccc6c5)nc(-c5ccccc5)n4)c3)cccc21. The van der Waals surface area contributed by atoms with Gasteiger partial charge in [0.2, 0.25) is 0 Å². The van der Waals surface area contributed by atoms with Gasteiger partial charge in [-0.3, -0.25) is 4.98 Å². The fourth-order valence-electron chi connectivity index (χ4n) is 8.19. The first-order valence-corrected chi connectivity index (χ1v) is 18.2. The summed E-state index contributed by atoms with van der Waals surface area (Å²) in [5, 5.41) is 3.65. The van der Waals surface area contributed by atoms with Crippen molar-refractivity contribution in [3.8, 4) is 67.3 Å². The highest BCUT2D eigenvalue weighted by atomic mass is 14.9. The van der Waals surface area contributed by atoms with Crippen LogP contribution >= 0.6 is 0 Å². The van der Waals surface area contributed by atoms with Crippen LogP contribution in [0, 0.1) is 0 Å². The second-order valence-electron chi connectivity index (χ2n) is 14.5. The van der Waals surface area contributed by atoms with E-state index in [2.05, 4.69) is 153 Å². The molecule has 10 rings (SSSR count). The van der Waals surface area contributed by atoms with Crippen LogP contribution in [0.2, 0.25) is 0 Å². The fraction of sp³-hybridized carbons (Fsp3) is 0.0600. The van der Waals surface area contributed by atoms with Crippen LogP contribution in [0.5, 0.6) is 0 Å². The normalized spacial score (nSPS) is 12.9. The number of hydrogen-bond donors (Lipinski definition) is 0. The highest BCUT2D eigenvalue weighted by molar-refractivity contribution is 5.99. The molecule has 2 aromatic heterocycles. The molecule has 0 unspecified atom stereocenters. The molecule has 0 spiro atoms. The van der Waals surface area contributed by atoms with E-state index in [4.69, 9.17) is 15.0 Å². The molecule has 3 heteroatoms. The minimum Gasteiger partial charge on any atom is -0.256 e. The molecule has 0 N–H and O–H groups in total. The van der Waals surface area contributed by atoms with E-state index in [1.54, 1.807) is 0 Å². The molecule has 0 amide bonds. The van der Waals surface area contributed by atoms with Gasteiger partial charge in [-0.2, -0.15) is 0 Å². The summed E-state index contributed by atoms with van der Waals surface area (Å²) in [6.07, 6.45) is 1.96. The predicted octanol–water partition coefficient (Wildman–Crippen LogP) is 12.8. The number of rotatable bonds is 5. The monoisotopic (exact) mass is 677 g/mol. The minimum absolute atomic E-state index is 0.109. The summed E-state index contributed by atoms with van der Waals surface area (Å²) in [7, 11) is 0. The Morgan fingerprint density at radius 2 is 1.04 bits per heavy atom. The third-order valence-corrected chi connectivity index (χ3v) is 10.9. The molecular formula is C50H35N3. The summed E-state index contributed by atoms with van der Waals surface area (Å²) in [6.45, 7) is 4.71. The topological polar surface area (TPSA) is 38.7 Å². The molecule has 0 saturated carbocycles. The van der Waals surface area contributed by atoms with Crippen LogP contribution in [0.1, 0.15) is 25.0 Å². The van der Waals surface area contributed by atoms with Gasteiger partial charge in [0.1, 0.15) is 0 Å². The van der Waals surface area contributed by atoms with Crippen molar-refractivity contribution >= 4 is 21.7 Å². The van der Waals surface area contributed by atoms with Crippen LogP contribution in [0.4, 0.5) is 0 Å². The van der Waals surface area contributed by atoms with Gasteiger partial charge in [0, 0.05) is 39.3 Å². The maximum Gasteiger partial charge on any atom is 0.160 e. The molecule has 7 aromatic carbocycles. The van der Waals surface area contributed by atoms with Crippen LogP contribution in [-0.2, 0) is 5.41 Å². The molecule has 0 radical (unpaired) electrons. The van der Waals surface area contributed by atoms with Gasteiger partial charge in [0.25, 0.3) is 0 Å². The quantitative estimate of drug-likeness (QED) is 0.182. The van der Waals surface area contributed by atoms with Gasteiger partial charge in [0.15, 0.2) is 5.82 Å². The van der Waals surface area contributed by atoms with Gasteiger partial charge in [-0.1, -0.05) is 147 Å². The van der Waals surface area contributed by atoms with Crippen molar-refractivity contribution in [1.29, 1.82) is 0 Å². The Kier molecular flexibility index (Phi) is 7.16. The molecule has 53 heavy (non-hydrogen) atoms. The van der Waals surface area contributed by atoms with Crippen LogP contribution in [0.15, 0.2) is 176 Å². The highest BCUT2D eigenvalue weighted by Gasteiger charge is 2.37. The summed E-state index contributed by atoms with van der Waals surface area (Å²) < 4.78 is 0. The largest absolute Gasteiger partial charge is 0.256 e. The second kappa shape index (κ2) is 12.2. The van der Waals surface area contributed by atoms with Crippen LogP contribution in [0.25, 0.3) is 89.0 Å². The van der Waals surface area contributed by atoms with Gasteiger partial charge in [0.05, 0.1) is 16.9 Å². The third kappa shape index (κ3) is 5.24. The Bertz CT molecular complexity index is 2870. The van der Waals surface area contributed by atoms with Gasteiger partial charge in [-0.25, -0.2) is 9.97 Å². The zero-order valence-electron chi connectivity index (χ0n) is 29.6. The molecule has 1 aliphatic carbocycles. The molecule has 0 atom stereocenters. The number of aromatic nitrogens is 3. The van der Waals surface area contributed by atoms with E-state index >= 15 is 0 Å². The van der Waals surface area contributed by atoms with Crippen molar-refractivity contribution in [1.82, 2.24) is 15.0 Å². The van der Waals surface area contributed by atoms with Crippen molar-refractivity contribution in [3.05, 3.63) is 187 Å². The minimum atomic E-state index is -0.109. The first-order valence-electron chi connectivity index (χ1n) is 18.2. The van der Waals surface area contributed by atoms with E-state index in [9.17, 15) is 0 Å². The Labute approximate surface area is 309 Å². The van der Waals surface area contributed by atoms with Crippen LogP contribution in [0.3, 0.4) is 0 Å². The average molecular weight is 678 g/mol. The molecule has 1 aliphatic rings. The Morgan fingerprint density at radius 1 is 0.396 bits per heavy atom. The summed E-state index contributed by atoms with van der Waals surface area (Å²) in [4.78, 5) is 15.2. The van der Waals surface area contributed by atoms with Crippen molar-refractivity contribution in [3.63, 3.8) is 0 Å². The highest BCUT2D eigenvalue weighted by Crippen LogP contribution is 2.53. The molecule has 3 nitrogen and oxygen atoms in total. The van der Waals surface area contributed by atoms with Gasteiger partial charge < -0.3 is 0 Å². The molecular weight excluding hydrogens is 643 g/mol. The third-order valence-electron chi connectivity index (χ3n) is 10.9. The van der Waals surface area contributed by atoms with E-state index in [0.717, 1.165) is 50.1 Å². The lowest BCUT2D eigenvalue weighted by molar-refractivity contribution is 0.661. The van der Waals surface area contributed by atoms with E-state index < -0.39 is 0 Å². The number of nitrogens with zero attached hydrogens (tertiary/aromatic N) is 3. The molecule has 9 aromatic rings. The average Bonchev–Trinajstić information content (AvgIpc) is 3.45. The van der Waals surface area contributed by atoms with Crippen LogP contribution in [-0.4, -0.2) is 15.0 Å². The molecule has 0 fully saturated rings. The number of para-hydroxylation sites is 1. The van der Waals surface area contributed by atoms with E-state index in [1.807, 2.05) is 36.5 Å². The maximum atomic E-state index is 5.22. The van der Waals surface area contributed by atoms with Gasteiger partial charge in [-0.15, -0.1) is 0 Å². The fourth-order valence-corrected chi connectivity index (χ4v) is 8.19. The van der Waals surface area contributed by atoms with Gasteiger partial charge >= 0.3 is 0 Å². The summed E-state index contributed by atoms with van der Waals surface area (Å²) in [6, 6.07) is 60.4. The summed E-state index contributed by atoms with van der Waals surface area (Å²) >= 11 is 0. The lowest BCUT2D eigenvalue weighted by atomic mass is 9.81. The zero-order chi connectivity index (χ0) is 35.5. The molecule has 0 saturated heterocycles.